The van der Waals surface area contributed by atoms with Gasteiger partial charge in [-0.1, -0.05) is 18.2 Å². The smallest absolute Gasteiger partial charge is 0.338 e. The number of esters is 1. The lowest BCUT2D eigenvalue weighted by atomic mass is 9.95. The zero-order valence-electron chi connectivity index (χ0n) is 21.1. The first-order valence-electron chi connectivity index (χ1n) is 11.5. The van der Waals surface area contributed by atoms with Gasteiger partial charge in [0.25, 0.3) is 5.91 Å². The van der Waals surface area contributed by atoms with Crippen molar-refractivity contribution in [3.63, 3.8) is 0 Å². The van der Waals surface area contributed by atoms with Gasteiger partial charge in [-0.05, 0) is 49.2 Å². The molecule has 3 amide bonds. The second-order valence-corrected chi connectivity index (χ2v) is 7.80. The van der Waals surface area contributed by atoms with Gasteiger partial charge < -0.3 is 29.6 Å². The summed E-state index contributed by atoms with van der Waals surface area (Å²) in [6, 6.07) is 12.4. The maximum Gasteiger partial charge on any atom is 0.338 e. The Morgan fingerprint density at radius 3 is 2.74 bits per heavy atom. The van der Waals surface area contributed by atoms with E-state index in [2.05, 4.69) is 21.2 Å². The predicted molar refractivity (Wildman–Crippen MR) is 136 cm³/mol. The van der Waals surface area contributed by atoms with Gasteiger partial charge in [-0.3, -0.25) is 4.79 Å². The highest BCUT2D eigenvalue weighted by molar-refractivity contribution is 5.95. The average molecular weight is 522 g/mol. The number of hydrogen-bond acceptors (Lipinski definition) is 9. The van der Waals surface area contributed by atoms with E-state index in [0.29, 0.717) is 28.3 Å². The summed E-state index contributed by atoms with van der Waals surface area (Å²) in [5, 5.41) is 17.8. The molecule has 12 heteroatoms. The van der Waals surface area contributed by atoms with Crippen LogP contribution in [0.2, 0.25) is 0 Å². The molecule has 1 aliphatic rings. The summed E-state index contributed by atoms with van der Waals surface area (Å²) in [6.07, 6.45) is 1.43. The summed E-state index contributed by atoms with van der Waals surface area (Å²) < 4.78 is 21.4. The lowest BCUT2D eigenvalue weighted by Gasteiger charge is -2.28. The number of nitrogens with zero attached hydrogens (tertiary/aromatic N) is 2. The highest BCUT2D eigenvalue weighted by Gasteiger charge is 2.32. The first-order chi connectivity index (χ1) is 18.4. The van der Waals surface area contributed by atoms with Crippen LogP contribution < -0.4 is 30.3 Å². The molecule has 0 radical (unpaired) electrons. The molecule has 0 fully saturated rings. The first-order valence-corrected chi connectivity index (χ1v) is 11.5. The maximum absolute atomic E-state index is 12.5. The minimum atomic E-state index is -0.771. The molecule has 2 aromatic rings. The molecule has 2 aromatic carbocycles. The second kappa shape index (κ2) is 13.3. The van der Waals surface area contributed by atoms with Crippen LogP contribution in [-0.2, 0) is 14.3 Å². The molecule has 3 N–H and O–H groups in total. The van der Waals surface area contributed by atoms with Crippen molar-refractivity contribution >= 4 is 24.1 Å². The zero-order valence-corrected chi connectivity index (χ0v) is 21.1. The third-order valence-electron chi connectivity index (χ3n) is 5.21. The van der Waals surface area contributed by atoms with Crippen molar-refractivity contribution in [2.75, 3.05) is 26.9 Å². The van der Waals surface area contributed by atoms with Crippen LogP contribution in [0.5, 0.6) is 17.2 Å². The van der Waals surface area contributed by atoms with Crippen molar-refractivity contribution < 1.29 is 33.3 Å². The highest BCUT2D eigenvalue weighted by atomic mass is 16.5. The molecule has 198 valence electrons. The third-order valence-corrected chi connectivity index (χ3v) is 5.21. The zero-order chi connectivity index (χ0) is 27.5. The molecule has 3 rings (SSSR count). The van der Waals surface area contributed by atoms with Gasteiger partial charge in [-0.25, -0.2) is 15.0 Å². The summed E-state index contributed by atoms with van der Waals surface area (Å²) in [5.74, 6) is 0.00117. The molecule has 1 aliphatic heterocycles. The summed E-state index contributed by atoms with van der Waals surface area (Å²) in [7, 11) is 1.43. The fourth-order valence-electron chi connectivity index (χ4n) is 3.56. The molecule has 0 saturated heterocycles. The summed E-state index contributed by atoms with van der Waals surface area (Å²) >= 11 is 0. The van der Waals surface area contributed by atoms with Gasteiger partial charge in [-0.2, -0.15) is 10.4 Å². The van der Waals surface area contributed by atoms with Crippen molar-refractivity contribution in [2.24, 2.45) is 5.10 Å². The van der Waals surface area contributed by atoms with E-state index in [9.17, 15) is 14.4 Å². The number of hydrazone groups is 1. The lowest BCUT2D eigenvalue weighted by Crippen LogP contribution is -2.45. The number of amides is 3. The number of carbonyl (C=O) groups is 3. The Labute approximate surface area is 219 Å². The number of nitriles is 1. The topological polar surface area (TPSA) is 160 Å². The summed E-state index contributed by atoms with van der Waals surface area (Å²) in [5.41, 5.74) is 4.23. The summed E-state index contributed by atoms with van der Waals surface area (Å²) in [4.78, 5) is 36.8. The van der Waals surface area contributed by atoms with E-state index in [1.54, 1.807) is 56.3 Å². The van der Waals surface area contributed by atoms with E-state index >= 15 is 0 Å². The number of ether oxygens (including phenoxy) is 4. The molecule has 0 unspecified atom stereocenters. The van der Waals surface area contributed by atoms with E-state index in [-0.39, 0.29) is 31.1 Å². The minimum absolute atomic E-state index is 0.0749. The van der Waals surface area contributed by atoms with Crippen molar-refractivity contribution in [1.29, 1.82) is 5.26 Å². The lowest BCUT2D eigenvalue weighted by molar-refractivity contribution is -0.139. The second-order valence-electron chi connectivity index (χ2n) is 7.80. The van der Waals surface area contributed by atoms with E-state index in [1.165, 1.54) is 13.3 Å². The van der Waals surface area contributed by atoms with Crippen molar-refractivity contribution in [3.8, 4) is 23.3 Å². The van der Waals surface area contributed by atoms with Crippen LogP contribution in [0.1, 0.15) is 31.0 Å². The number of methoxy groups -OCH3 is 1. The van der Waals surface area contributed by atoms with E-state index in [4.69, 9.17) is 24.2 Å². The van der Waals surface area contributed by atoms with Crippen molar-refractivity contribution in [1.82, 2.24) is 16.1 Å². The van der Waals surface area contributed by atoms with Gasteiger partial charge >= 0.3 is 12.0 Å². The summed E-state index contributed by atoms with van der Waals surface area (Å²) in [6.45, 7) is 3.07. The van der Waals surface area contributed by atoms with Crippen LogP contribution >= 0.6 is 0 Å². The van der Waals surface area contributed by atoms with Gasteiger partial charge in [0.2, 0.25) is 0 Å². The quantitative estimate of drug-likeness (QED) is 0.231. The van der Waals surface area contributed by atoms with E-state index in [0.717, 1.165) is 0 Å². The Kier molecular flexibility index (Phi) is 9.65. The number of nitrogens with one attached hydrogen (secondary N) is 3. The largest absolute Gasteiger partial charge is 0.493 e. The Bertz CT molecular complexity index is 1300. The van der Waals surface area contributed by atoms with Crippen molar-refractivity contribution in [2.45, 2.75) is 19.9 Å². The number of carbonyl (C=O) groups excluding carboxylic acids is 3. The fraction of sp³-hybridized carbons (Fsp3) is 0.269. The van der Waals surface area contributed by atoms with E-state index in [1.807, 2.05) is 6.07 Å². The minimum Gasteiger partial charge on any atom is -0.493 e. The molecule has 38 heavy (non-hydrogen) atoms. The first kappa shape index (κ1) is 27.5. The van der Waals surface area contributed by atoms with Crippen LogP contribution in [0.15, 0.2) is 58.8 Å². The molecule has 1 heterocycles. The average Bonchev–Trinajstić information content (AvgIpc) is 2.90. The molecule has 0 bridgehead atoms. The number of allylic oxidation sites excluding steroid dienone is 1. The normalized spacial score (nSPS) is 14.7. The van der Waals surface area contributed by atoms with Gasteiger partial charge in [0.05, 0.1) is 31.5 Å². The predicted octanol–water partition coefficient (Wildman–Crippen LogP) is 2.32. The Balaban J connectivity index is 1.65. The van der Waals surface area contributed by atoms with Crippen LogP contribution in [0.3, 0.4) is 0 Å². The van der Waals surface area contributed by atoms with Crippen LogP contribution in [0.4, 0.5) is 4.79 Å². The highest BCUT2D eigenvalue weighted by Crippen LogP contribution is 2.34. The maximum atomic E-state index is 12.5. The fourth-order valence-corrected chi connectivity index (χ4v) is 3.56. The molecule has 12 nitrogen and oxygen atoms in total. The molecule has 0 spiro atoms. The monoisotopic (exact) mass is 521 g/mol. The third kappa shape index (κ3) is 7.23. The number of rotatable bonds is 11. The Morgan fingerprint density at radius 1 is 1.18 bits per heavy atom. The van der Waals surface area contributed by atoms with Crippen LogP contribution in [0.25, 0.3) is 0 Å². The molecular formula is C26H27N5O7. The van der Waals surface area contributed by atoms with Crippen LogP contribution in [0, 0.1) is 11.3 Å². The Morgan fingerprint density at radius 2 is 2.00 bits per heavy atom. The SMILES string of the molecule is CCOC(=O)C1=C(C)NC(=O)N[C@H]1c1ccc(OCC(=O)N/N=C/c2cccc(OCC#N)c2)c(OC)c1. The number of urea groups is 1. The van der Waals surface area contributed by atoms with Gasteiger partial charge in [0.1, 0.15) is 11.8 Å². The number of benzene rings is 2. The van der Waals surface area contributed by atoms with Gasteiger partial charge in [-0.15, -0.1) is 0 Å². The molecule has 0 aromatic heterocycles. The van der Waals surface area contributed by atoms with Crippen molar-refractivity contribution in [3.05, 3.63) is 64.9 Å². The molecule has 0 aliphatic carbocycles. The molecular weight excluding hydrogens is 494 g/mol. The van der Waals surface area contributed by atoms with Gasteiger partial charge in [0, 0.05) is 5.70 Å². The van der Waals surface area contributed by atoms with Gasteiger partial charge in [0.15, 0.2) is 24.7 Å². The number of hydrogen-bond donors (Lipinski definition) is 3. The Hall–Kier alpha value is -5.05. The molecule has 1 atom stereocenters. The molecule has 0 saturated carbocycles. The van der Waals surface area contributed by atoms with Crippen LogP contribution in [-0.4, -0.2) is 51.1 Å². The standard InChI is InChI=1S/C26H27N5O7/c1-4-36-25(33)23-16(2)29-26(34)30-24(23)18-8-9-20(21(13-18)35-3)38-15-22(32)31-28-14-17-6-5-7-19(12-17)37-11-10-27/h5-9,12-14,24H,4,11,15H2,1-3H3,(H,31,32)(H2,29,30,34)/b28-14+/t24-/m0/s1. The van der Waals surface area contributed by atoms with E-state index < -0.39 is 23.9 Å².